The van der Waals surface area contributed by atoms with Gasteiger partial charge >= 0.3 is 0 Å². The Morgan fingerprint density at radius 1 is 1.15 bits per heavy atom. The summed E-state index contributed by atoms with van der Waals surface area (Å²) in [4.78, 5) is 12.8. The number of rotatable bonds is 7. The van der Waals surface area contributed by atoms with Crippen LogP contribution in [0.4, 0.5) is 0 Å². The lowest BCUT2D eigenvalue weighted by Crippen LogP contribution is -2.28. The highest BCUT2D eigenvalue weighted by atomic mass is 16.5. The maximum atomic E-state index is 12.8. The minimum Gasteiger partial charge on any atom is -0.493 e. The number of fused-ring (bicyclic) bond motifs is 1. The van der Waals surface area contributed by atoms with E-state index in [1.54, 1.807) is 7.11 Å². The highest BCUT2D eigenvalue weighted by molar-refractivity contribution is 5.98. The molecule has 5 nitrogen and oxygen atoms in total. The summed E-state index contributed by atoms with van der Waals surface area (Å²) in [6.45, 7) is 4.66. The van der Waals surface area contributed by atoms with Crippen LogP contribution in [-0.4, -0.2) is 24.2 Å². The number of amides is 1. The molecule has 5 heteroatoms. The van der Waals surface area contributed by atoms with Gasteiger partial charge in [-0.1, -0.05) is 31.2 Å². The monoisotopic (exact) mass is 366 g/mol. The zero-order valence-electron chi connectivity index (χ0n) is 16.3. The molecule has 142 valence electrons. The third kappa shape index (κ3) is 3.92. The smallest absolute Gasteiger partial charge is 0.268 e. The van der Waals surface area contributed by atoms with Crippen LogP contribution in [0.25, 0.3) is 10.9 Å². The number of methoxy groups -OCH3 is 1. The summed E-state index contributed by atoms with van der Waals surface area (Å²) in [5, 5.41) is 4.12. The fourth-order valence-corrected chi connectivity index (χ4v) is 3.15. The summed E-state index contributed by atoms with van der Waals surface area (Å²) in [5.41, 5.74) is 2.63. The van der Waals surface area contributed by atoms with Gasteiger partial charge < -0.3 is 19.4 Å². The molecular weight excluding hydrogens is 340 g/mol. The lowest BCUT2D eigenvalue weighted by atomic mass is 10.1. The van der Waals surface area contributed by atoms with Gasteiger partial charge in [0.15, 0.2) is 11.5 Å². The molecule has 27 heavy (non-hydrogen) atoms. The minimum atomic E-state index is -0.162. The Morgan fingerprint density at radius 2 is 1.93 bits per heavy atom. The quantitative estimate of drug-likeness (QED) is 0.671. The SMILES string of the molecule is CCCOc1ccc(C(C)NC(=O)c2cc3ccccc3n2C)cc1OC. The minimum absolute atomic E-state index is 0.105. The normalized spacial score (nSPS) is 12.0. The average molecular weight is 366 g/mol. The molecule has 1 aromatic heterocycles. The van der Waals surface area contributed by atoms with E-state index < -0.39 is 0 Å². The van der Waals surface area contributed by atoms with Crippen molar-refractivity contribution in [3.63, 3.8) is 0 Å². The van der Waals surface area contributed by atoms with E-state index in [9.17, 15) is 4.79 Å². The molecule has 1 heterocycles. The van der Waals surface area contributed by atoms with Crippen LogP contribution in [0.3, 0.4) is 0 Å². The van der Waals surface area contributed by atoms with Crippen LogP contribution in [-0.2, 0) is 7.05 Å². The van der Waals surface area contributed by atoms with Gasteiger partial charge in [-0.3, -0.25) is 4.79 Å². The number of hydrogen-bond donors (Lipinski definition) is 1. The second-order valence-electron chi connectivity index (χ2n) is 6.60. The number of para-hydroxylation sites is 1. The Morgan fingerprint density at radius 3 is 2.63 bits per heavy atom. The van der Waals surface area contributed by atoms with E-state index in [2.05, 4.69) is 12.2 Å². The van der Waals surface area contributed by atoms with Crippen molar-refractivity contribution >= 4 is 16.8 Å². The van der Waals surface area contributed by atoms with Crippen LogP contribution in [0.2, 0.25) is 0 Å². The van der Waals surface area contributed by atoms with Gasteiger partial charge in [-0.2, -0.15) is 0 Å². The summed E-state index contributed by atoms with van der Waals surface area (Å²) in [6.07, 6.45) is 0.933. The number of nitrogens with zero attached hydrogens (tertiary/aromatic N) is 1. The first kappa shape index (κ1) is 18.8. The molecule has 0 radical (unpaired) electrons. The van der Waals surface area contributed by atoms with Crippen LogP contribution in [0.1, 0.15) is 42.4 Å². The highest BCUT2D eigenvalue weighted by Crippen LogP contribution is 2.30. The second kappa shape index (κ2) is 8.16. The van der Waals surface area contributed by atoms with E-state index in [1.807, 2.05) is 67.1 Å². The molecule has 3 aromatic rings. The van der Waals surface area contributed by atoms with Crippen molar-refractivity contribution in [1.82, 2.24) is 9.88 Å². The van der Waals surface area contributed by atoms with Crippen molar-refractivity contribution in [3.8, 4) is 11.5 Å². The zero-order chi connectivity index (χ0) is 19.4. The molecule has 1 amide bonds. The van der Waals surface area contributed by atoms with E-state index >= 15 is 0 Å². The van der Waals surface area contributed by atoms with E-state index in [1.165, 1.54) is 0 Å². The van der Waals surface area contributed by atoms with E-state index in [4.69, 9.17) is 9.47 Å². The lowest BCUT2D eigenvalue weighted by Gasteiger charge is -2.17. The van der Waals surface area contributed by atoms with Crippen molar-refractivity contribution in [3.05, 3.63) is 59.8 Å². The van der Waals surface area contributed by atoms with Crippen molar-refractivity contribution < 1.29 is 14.3 Å². The summed E-state index contributed by atoms with van der Waals surface area (Å²) < 4.78 is 13.1. The Bertz CT molecular complexity index is 946. The Labute approximate surface area is 159 Å². The molecule has 0 bridgehead atoms. The van der Waals surface area contributed by atoms with Gasteiger partial charge in [0, 0.05) is 18.0 Å². The van der Waals surface area contributed by atoms with Gasteiger partial charge in [0.25, 0.3) is 5.91 Å². The van der Waals surface area contributed by atoms with Crippen LogP contribution < -0.4 is 14.8 Å². The number of ether oxygens (including phenoxy) is 2. The number of aromatic nitrogens is 1. The van der Waals surface area contributed by atoms with Crippen molar-refractivity contribution in [2.24, 2.45) is 7.05 Å². The van der Waals surface area contributed by atoms with Gasteiger partial charge in [0.2, 0.25) is 0 Å². The Balaban J connectivity index is 1.78. The van der Waals surface area contributed by atoms with Crippen LogP contribution >= 0.6 is 0 Å². The van der Waals surface area contributed by atoms with Crippen molar-refractivity contribution in [2.45, 2.75) is 26.3 Å². The molecule has 0 spiro atoms. The number of carbonyl (C=O) groups excluding carboxylic acids is 1. The Hall–Kier alpha value is -2.95. The standard InChI is InChI=1S/C22H26N2O3/c1-5-12-27-20-11-10-16(14-21(20)26-4)15(2)23-22(25)19-13-17-8-6-7-9-18(17)24(19)3/h6-11,13-15H,5,12H2,1-4H3,(H,23,25). The van der Waals surface area contributed by atoms with Crippen LogP contribution in [0.5, 0.6) is 11.5 Å². The topological polar surface area (TPSA) is 52.5 Å². The molecule has 0 saturated heterocycles. The largest absolute Gasteiger partial charge is 0.493 e. The molecule has 0 fully saturated rings. The Kier molecular flexibility index (Phi) is 5.69. The number of nitrogens with one attached hydrogen (secondary N) is 1. The summed E-state index contributed by atoms with van der Waals surface area (Å²) >= 11 is 0. The summed E-state index contributed by atoms with van der Waals surface area (Å²) in [6, 6.07) is 15.5. The maximum absolute atomic E-state index is 12.8. The third-order valence-electron chi connectivity index (χ3n) is 4.68. The van der Waals surface area contributed by atoms with Gasteiger partial charge in [0.1, 0.15) is 5.69 Å². The molecule has 1 N–H and O–H groups in total. The van der Waals surface area contributed by atoms with Crippen LogP contribution in [0, 0.1) is 0 Å². The fraction of sp³-hybridized carbons (Fsp3) is 0.318. The molecule has 3 rings (SSSR count). The summed E-state index contributed by atoms with van der Waals surface area (Å²) in [5.74, 6) is 1.29. The number of aryl methyl sites for hydroxylation is 1. The maximum Gasteiger partial charge on any atom is 0.268 e. The predicted molar refractivity (Wildman–Crippen MR) is 108 cm³/mol. The highest BCUT2D eigenvalue weighted by Gasteiger charge is 2.17. The van der Waals surface area contributed by atoms with E-state index in [0.717, 1.165) is 28.6 Å². The number of carbonyl (C=O) groups is 1. The molecular formula is C22H26N2O3. The molecule has 0 aliphatic carbocycles. The first-order valence-corrected chi connectivity index (χ1v) is 9.21. The zero-order valence-corrected chi connectivity index (χ0v) is 16.3. The van der Waals surface area contributed by atoms with Crippen LogP contribution in [0.15, 0.2) is 48.5 Å². The fourth-order valence-electron chi connectivity index (χ4n) is 3.15. The summed E-state index contributed by atoms with van der Waals surface area (Å²) in [7, 11) is 3.53. The molecule has 0 saturated carbocycles. The molecule has 2 aromatic carbocycles. The van der Waals surface area contributed by atoms with Gasteiger partial charge in [-0.15, -0.1) is 0 Å². The number of benzene rings is 2. The van der Waals surface area contributed by atoms with Gasteiger partial charge in [0.05, 0.1) is 19.8 Å². The second-order valence-corrected chi connectivity index (χ2v) is 6.60. The molecule has 1 atom stereocenters. The average Bonchev–Trinajstić information content (AvgIpc) is 3.03. The lowest BCUT2D eigenvalue weighted by molar-refractivity contribution is 0.0932. The first-order valence-electron chi connectivity index (χ1n) is 9.21. The molecule has 1 unspecified atom stereocenters. The van der Waals surface area contributed by atoms with Gasteiger partial charge in [-0.25, -0.2) is 0 Å². The van der Waals surface area contributed by atoms with Crippen molar-refractivity contribution in [1.29, 1.82) is 0 Å². The predicted octanol–water partition coefficient (Wildman–Crippen LogP) is 4.47. The van der Waals surface area contributed by atoms with Crippen molar-refractivity contribution in [2.75, 3.05) is 13.7 Å². The van der Waals surface area contributed by atoms with Gasteiger partial charge in [-0.05, 0) is 43.2 Å². The van der Waals surface area contributed by atoms with E-state index in [0.29, 0.717) is 18.1 Å². The third-order valence-corrected chi connectivity index (χ3v) is 4.68. The molecule has 0 aliphatic rings. The van der Waals surface area contributed by atoms with E-state index in [-0.39, 0.29) is 11.9 Å². The molecule has 0 aliphatic heterocycles. The first-order chi connectivity index (χ1) is 13.0. The number of hydrogen-bond acceptors (Lipinski definition) is 3.